The highest BCUT2D eigenvalue weighted by molar-refractivity contribution is 5.73. The van der Waals surface area contributed by atoms with Crippen molar-refractivity contribution in [2.45, 2.75) is 65.2 Å². The maximum atomic E-state index is 11.6. The molecule has 3 rings (SSSR count). The molecule has 3 atom stereocenters. The molecule has 3 unspecified atom stereocenters. The summed E-state index contributed by atoms with van der Waals surface area (Å²) in [7, 11) is 0. The number of aromatic nitrogens is 3. The lowest BCUT2D eigenvalue weighted by atomic mass is 10.0. The fourth-order valence-corrected chi connectivity index (χ4v) is 4.33. The molecular weight excluding hydrogens is 346 g/mol. The van der Waals surface area contributed by atoms with Gasteiger partial charge in [-0.1, -0.05) is 13.3 Å². The van der Waals surface area contributed by atoms with Gasteiger partial charge in [-0.25, -0.2) is 14.8 Å². The van der Waals surface area contributed by atoms with Gasteiger partial charge in [-0.3, -0.25) is 4.90 Å². The summed E-state index contributed by atoms with van der Waals surface area (Å²) in [6, 6.07) is 1.58. The Kier molecular flexibility index (Phi) is 5.55. The van der Waals surface area contributed by atoms with Crippen LogP contribution in [0.25, 0.3) is 11.2 Å². The summed E-state index contributed by atoms with van der Waals surface area (Å²) in [5.41, 5.74) is 1.47. The van der Waals surface area contributed by atoms with E-state index in [-0.39, 0.29) is 23.9 Å². The summed E-state index contributed by atoms with van der Waals surface area (Å²) < 4.78 is 2.11. The monoisotopic (exact) mass is 375 g/mol. The Balaban J connectivity index is 1.99. The first-order chi connectivity index (χ1) is 12.9. The van der Waals surface area contributed by atoms with Gasteiger partial charge in [0.05, 0.1) is 12.2 Å². The first-order valence-electron chi connectivity index (χ1n) is 9.67. The highest BCUT2D eigenvalue weighted by atomic mass is 16.4. The summed E-state index contributed by atoms with van der Waals surface area (Å²) in [6.45, 7) is 10.2. The second-order valence-electron chi connectivity index (χ2n) is 7.40. The van der Waals surface area contributed by atoms with E-state index in [4.69, 9.17) is 4.98 Å². The highest BCUT2D eigenvalue weighted by Gasteiger charge is 2.37. The van der Waals surface area contributed by atoms with Crippen molar-refractivity contribution in [3.8, 4) is 5.75 Å². The maximum absolute atomic E-state index is 11.6. The number of carbonyl (C=O) groups is 1. The molecule has 0 bridgehead atoms. The van der Waals surface area contributed by atoms with Crippen molar-refractivity contribution in [3.63, 3.8) is 0 Å². The van der Waals surface area contributed by atoms with Gasteiger partial charge in [0.15, 0.2) is 5.65 Å². The number of aryl methyl sites for hydroxylation is 1. The highest BCUT2D eigenvalue weighted by Crippen LogP contribution is 2.32. The Labute approximate surface area is 159 Å². The summed E-state index contributed by atoms with van der Waals surface area (Å²) in [4.78, 5) is 24.6. The van der Waals surface area contributed by atoms with E-state index in [1.807, 2.05) is 13.8 Å². The van der Waals surface area contributed by atoms with E-state index in [1.54, 1.807) is 11.0 Å². The van der Waals surface area contributed by atoms with Gasteiger partial charge < -0.3 is 19.7 Å². The minimum Gasteiger partial charge on any atom is -0.506 e. The van der Waals surface area contributed by atoms with Gasteiger partial charge in [0.2, 0.25) is 0 Å². The molecule has 8 heteroatoms. The van der Waals surface area contributed by atoms with E-state index in [2.05, 4.69) is 28.3 Å². The van der Waals surface area contributed by atoms with Gasteiger partial charge >= 0.3 is 6.09 Å². The Hall–Kier alpha value is -2.35. The van der Waals surface area contributed by atoms with Crippen molar-refractivity contribution >= 4 is 17.3 Å². The molecular formula is C19H29N5O3. The van der Waals surface area contributed by atoms with Gasteiger partial charge in [0.1, 0.15) is 17.1 Å². The van der Waals surface area contributed by atoms with Crippen LogP contribution in [0.15, 0.2) is 12.3 Å². The second-order valence-corrected chi connectivity index (χ2v) is 7.40. The van der Waals surface area contributed by atoms with Gasteiger partial charge in [-0.05, 0) is 27.2 Å². The number of hydrogen-bond acceptors (Lipinski definition) is 5. The third kappa shape index (κ3) is 3.58. The number of amides is 1. The molecule has 0 saturated carbocycles. The van der Waals surface area contributed by atoms with Crippen LogP contribution in [0.4, 0.5) is 4.79 Å². The minimum absolute atomic E-state index is 0.0766. The largest absolute Gasteiger partial charge is 0.506 e. The van der Waals surface area contributed by atoms with Crippen LogP contribution >= 0.6 is 0 Å². The predicted molar refractivity (Wildman–Crippen MR) is 103 cm³/mol. The molecule has 3 heterocycles. The lowest BCUT2D eigenvalue weighted by Gasteiger charge is -2.45. The van der Waals surface area contributed by atoms with Crippen LogP contribution in [0.2, 0.25) is 0 Å². The van der Waals surface area contributed by atoms with Crippen molar-refractivity contribution < 1.29 is 15.0 Å². The lowest BCUT2D eigenvalue weighted by molar-refractivity contribution is 0.0174. The van der Waals surface area contributed by atoms with Crippen molar-refractivity contribution in [2.24, 2.45) is 0 Å². The number of pyridine rings is 1. The Morgan fingerprint density at radius 2 is 1.96 bits per heavy atom. The first-order valence-corrected chi connectivity index (χ1v) is 9.67. The second kappa shape index (κ2) is 7.72. The molecule has 0 aliphatic carbocycles. The van der Waals surface area contributed by atoms with Crippen LogP contribution in [0.1, 0.15) is 52.4 Å². The number of aromatic hydroxyl groups is 1. The fraction of sp³-hybridized carbons (Fsp3) is 0.632. The van der Waals surface area contributed by atoms with E-state index in [9.17, 15) is 15.0 Å². The summed E-state index contributed by atoms with van der Waals surface area (Å²) in [5, 5.41) is 19.2. The summed E-state index contributed by atoms with van der Waals surface area (Å²) >= 11 is 0. The number of rotatable bonds is 5. The van der Waals surface area contributed by atoms with Crippen molar-refractivity contribution in [1.29, 1.82) is 0 Å². The predicted octanol–water partition coefficient (Wildman–Crippen LogP) is 3.07. The molecule has 27 heavy (non-hydrogen) atoms. The molecule has 148 valence electrons. The van der Waals surface area contributed by atoms with Crippen molar-refractivity contribution in [3.05, 3.63) is 18.1 Å². The molecule has 2 N–H and O–H groups in total. The molecule has 0 aromatic carbocycles. The minimum atomic E-state index is -0.859. The third-order valence-electron chi connectivity index (χ3n) is 5.39. The van der Waals surface area contributed by atoms with Crippen LogP contribution < -0.4 is 0 Å². The zero-order valence-electron chi connectivity index (χ0n) is 16.5. The molecule has 1 amide bonds. The van der Waals surface area contributed by atoms with E-state index in [1.165, 1.54) is 6.20 Å². The first kappa shape index (κ1) is 19.4. The molecule has 2 aromatic rings. The van der Waals surface area contributed by atoms with Crippen LogP contribution in [-0.2, 0) is 6.54 Å². The normalized spacial score (nSPS) is 22.3. The van der Waals surface area contributed by atoms with Crippen LogP contribution in [0.5, 0.6) is 5.75 Å². The summed E-state index contributed by atoms with van der Waals surface area (Å²) in [6.07, 6.45) is 2.52. The van der Waals surface area contributed by atoms with Crippen LogP contribution in [0.3, 0.4) is 0 Å². The molecule has 1 saturated heterocycles. The van der Waals surface area contributed by atoms with Crippen LogP contribution in [0, 0.1) is 0 Å². The SMILES string of the molecule is CCCC(c1nc2cc(O)cnc2n1CC)N1CC(C)N(C(=O)O)C(C)C1. The van der Waals surface area contributed by atoms with Gasteiger partial charge in [-0.2, -0.15) is 0 Å². The standard InChI is InChI=1S/C19H29N5O3/c1-5-7-16(22-10-12(3)24(19(26)27)13(4)11-22)18-21-15-8-14(25)9-20-17(15)23(18)6-2/h8-9,12-13,16,25H,5-7,10-11H2,1-4H3,(H,26,27). The number of carboxylic acid groups (broad SMARTS) is 1. The quantitative estimate of drug-likeness (QED) is 0.834. The number of hydrogen-bond donors (Lipinski definition) is 2. The molecule has 1 fully saturated rings. The van der Waals surface area contributed by atoms with Crippen molar-refractivity contribution in [2.75, 3.05) is 13.1 Å². The van der Waals surface area contributed by atoms with E-state index >= 15 is 0 Å². The van der Waals surface area contributed by atoms with Gasteiger partial charge in [-0.15, -0.1) is 0 Å². The fourth-order valence-electron chi connectivity index (χ4n) is 4.33. The Morgan fingerprint density at radius 3 is 2.52 bits per heavy atom. The number of fused-ring (bicyclic) bond motifs is 1. The van der Waals surface area contributed by atoms with Crippen molar-refractivity contribution in [1.82, 2.24) is 24.3 Å². The molecule has 1 aliphatic heterocycles. The Morgan fingerprint density at radius 1 is 1.30 bits per heavy atom. The number of nitrogens with zero attached hydrogens (tertiary/aromatic N) is 5. The zero-order chi connectivity index (χ0) is 19.7. The molecule has 0 spiro atoms. The number of imidazole rings is 1. The number of piperazine rings is 1. The van der Waals surface area contributed by atoms with E-state index in [0.29, 0.717) is 18.6 Å². The van der Waals surface area contributed by atoms with Gasteiger partial charge in [0, 0.05) is 37.8 Å². The lowest BCUT2D eigenvalue weighted by Crippen LogP contribution is -2.59. The average molecular weight is 375 g/mol. The third-order valence-corrected chi connectivity index (χ3v) is 5.39. The Bertz CT molecular complexity index is 809. The zero-order valence-corrected chi connectivity index (χ0v) is 16.5. The molecule has 1 aliphatic rings. The molecule has 8 nitrogen and oxygen atoms in total. The van der Waals surface area contributed by atoms with E-state index < -0.39 is 6.09 Å². The maximum Gasteiger partial charge on any atom is 0.407 e. The van der Waals surface area contributed by atoms with E-state index in [0.717, 1.165) is 30.9 Å². The smallest absolute Gasteiger partial charge is 0.407 e. The molecule has 2 aromatic heterocycles. The average Bonchev–Trinajstić information content (AvgIpc) is 2.95. The molecule has 0 radical (unpaired) electrons. The topological polar surface area (TPSA) is 94.7 Å². The van der Waals surface area contributed by atoms with Crippen LogP contribution in [-0.4, -0.2) is 65.8 Å². The van der Waals surface area contributed by atoms with Gasteiger partial charge in [0.25, 0.3) is 0 Å². The summed E-state index contributed by atoms with van der Waals surface area (Å²) in [5.74, 6) is 1.05.